The summed E-state index contributed by atoms with van der Waals surface area (Å²) in [5, 5.41) is 0. The van der Waals surface area contributed by atoms with Crippen molar-refractivity contribution < 1.29 is 14.3 Å². The molecule has 0 saturated heterocycles. The first kappa shape index (κ1) is 13.3. The zero-order valence-electron chi connectivity index (χ0n) is 10.3. The molecule has 0 aliphatic carbocycles. The van der Waals surface area contributed by atoms with Gasteiger partial charge in [-0.25, -0.2) is 4.79 Å². The van der Waals surface area contributed by atoms with E-state index >= 15 is 0 Å². The Hall–Kier alpha value is -1.77. The van der Waals surface area contributed by atoms with Gasteiger partial charge in [0.25, 0.3) is 0 Å². The predicted molar refractivity (Wildman–Crippen MR) is 67.9 cm³/mol. The van der Waals surface area contributed by atoms with Gasteiger partial charge in [0, 0.05) is 6.08 Å². The fourth-order valence-corrected chi connectivity index (χ4v) is 1.25. The normalized spacial score (nSPS) is 10.5. The minimum absolute atomic E-state index is 0.321. The summed E-state index contributed by atoms with van der Waals surface area (Å²) in [6.07, 6.45) is 4.14. The van der Waals surface area contributed by atoms with E-state index in [1.807, 2.05) is 24.3 Å². The number of ether oxygens (including phenoxy) is 2. The fraction of sp³-hybridized carbons (Fsp3) is 0.357. The van der Waals surface area contributed by atoms with Gasteiger partial charge in [-0.2, -0.15) is 0 Å². The molecule has 0 spiro atoms. The Morgan fingerprint density at radius 1 is 1.24 bits per heavy atom. The molecule has 0 saturated carbocycles. The number of hydrogen-bond acceptors (Lipinski definition) is 3. The van der Waals surface area contributed by atoms with E-state index in [2.05, 4.69) is 6.92 Å². The maximum Gasteiger partial charge on any atom is 0.330 e. The second-order valence-corrected chi connectivity index (χ2v) is 3.50. The van der Waals surface area contributed by atoms with Crippen LogP contribution in [0.1, 0.15) is 25.8 Å². The first-order valence-electron chi connectivity index (χ1n) is 5.84. The maximum absolute atomic E-state index is 11.1. The van der Waals surface area contributed by atoms with Crippen LogP contribution in [0.3, 0.4) is 0 Å². The van der Waals surface area contributed by atoms with Crippen LogP contribution in [0.4, 0.5) is 0 Å². The van der Waals surface area contributed by atoms with Gasteiger partial charge < -0.3 is 9.47 Å². The van der Waals surface area contributed by atoms with Crippen LogP contribution >= 0.6 is 0 Å². The zero-order chi connectivity index (χ0) is 12.5. The van der Waals surface area contributed by atoms with Crippen LogP contribution in [0.25, 0.3) is 6.08 Å². The molecule has 0 aromatic heterocycles. The number of hydrogen-bond donors (Lipinski definition) is 0. The molecule has 92 valence electrons. The van der Waals surface area contributed by atoms with E-state index in [4.69, 9.17) is 9.47 Å². The molecule has 0 amide bonds. The second kappa shape index (κ2) is 7.49. The van der Waals surface area contributed by atoms with Gasteiger partial charge in [0.1, 0.15) is 5.75 Å². The minimum atomic E-state index is -0.321. The smallest absolute Gasteiger partial charge is 0.330 e. The van der Waals surface area contributed by atoms with E-state index in [-0.39, 0.29) is 5.97 Å². The van der Waals surface area contributed by atoms with Crippen molar-refractivity contribution in [3.05, 3.63) is 35.9 Å². The molecule has 1 rings (SSSR count). The third-order valence-corrected chi connectivity index (χ3v) is 2.05. The molecular formula is C14H18O3. The predicted octanol–water partition coefficient (Wildman–Crippen LogP) is 3.05. The Morgan fingerprint density at radius 2 is 1.94 bits per heavy atom. The topological polar surface area (TPSA) is 35.5 Å². The van der Waals surface area contributed by atoms with Crippen molar-refractivity contribution >= 4 is 12.0 Å². The Morgan fingerprint density at radius 3 is 2.53 bits per heavy atom. The summed E-state index contributed by atoms with van der Waals surface area (Å²) in [4.78, 5) is 11.1. The van der Waals surface area contributed by atoms with Crippen LogP contribution < -0.4 is 4.74 Å². The van der Waals surface area contributed by atoms with Gasteiger partial charge in [0.05, 0.1) is 13.2 Å². The molecule has 1 aromatic rings. The van der Waals surface area contributed by atoms with Gasteiger partial charge in [-0.05, 0) is 37.1 Å². The van der Waals surface area contributed by atoms with Crippen LogP contribution in [-0.2, 0) is 9.53 Å². The minimum Gasteiger partial charge on any atom is -0.494 e. The summed E-state index contributed by atoms with van der Waals surface area (Å²) < 4.78 is 10.2. The van der Waals surface area contributed by atoms with Crippen LogP contribution in [-0.4, -0.2) is 19.2 Å². The lowest BCUT2D eigenvalue weighted by Gasteiger charge is -2.03. The third-order valence-electron chi connectivity index (χ3n) is 2.05. The maximum atomic E-state index is 11.1. The molecule has 0 aliphatic heterocycles. The highest BCUT2D eigenvalue weighted by Crippen LogP contribution is 2.13. The Balaban J connectivity index is 2.53. The van der Waals surface area contributed by atoms with Crippen LogP contribution in [0.15, 0.2) is 30.3 Å². The van der Waals surface area contributed by atoms with E-state index in [1.54, 1.807) is 13.0 Å². The zero-order valence-corrected chi connectivity index (χ0v) is 10.3. The molecule has 0 radical (unpaired) electrons. The largest absolute Gasteiger partial charge is 0.494 e. The van der Waals surface area contributed by atoms with Gasteiger partial charge in [-0.15, -0.1) is 0 Å². The Kier molecular flexibility index (Phi) is 5.86. The van der Waals surface area contributed by atoms with Crippen molar-refractivity contribution in [3.63, 3.8) is 0 Å². The lowest BCUT2D eigenvalue weighted by molar-refractivity contribution is -0.137. The van der Waals surface area contributed by atoms with E-state index in [9.17, 15) is 4.79 Å². The lowest BCUT2D eigenvalue weighted by Crippen LogP contribution is -1.98. The van der Waals surface area contributed by atoms with Crippen molar-refractivity contribution in [3.8, 4) is 5.75 Å². The SMILES string of the molecule is CCCOc1ccc(C=CC(=O)OCC)cc1. The first-order chi connectivity index (χ1) is 8.26. The highest BCUT2D eigenvalue weighted by molar-refractivity contribution is 5.87. The monoisotopic (exact) mass is 234 g/mol. The first-order valence-corrected chi connectivity index (χ1v) is 5.84. The summed E-state index contributed by atoms with van der Waals surface area (Å²) in [7, 11) is 0. The molecule has 3 heteroatoms. The quantitative estimate of drug-likeness (QED) is 0.560. The van der Waals surface area contributed by atoms with E-state index < -0.39 is 0 Å². The summed E-state index contributed by atoms with van der Waals surface area (Å²) in [6, 6.07) is 7.59. The molecule has 0 N–H and O–H groups in total. The summed E-state index contributed by atoms with van der Waals surface area (Å²) in [5.41, 5.74) is 0.946. The van der Waals surface area contributed by atoms with Gasteiger partial charge in [0.2, 0.25) is 0 Å². The van der Waals surface area contributed by atoms with Crippen molar-refractivity contribution in [1.29, 1.82) is 0 Å². The standard InChI is InChI=1S/C14H18O3/c1-3-11-17-13-8-5-12(6-9-13)7-10-14(15)16-4-2/h5-10H,3-4,11H2,1-2H3. The van der Waals surface area contributed by atoms with Crippen molar-refractivity contribution in [2.75, 3.05) is 13.2 Å². The molecule has 0 atom stereocenters. The van der Waals surface area contributed by atoms with E-state index in [0.717, 1.165) is 24.3 Å². The molecule has 0 heterocycles. The van der Waals surface area contributed by atoms with Crippen molar-refractivity contribution in [2.24, 2.45) is 0 Å². The number of rotatable bonds is 6. The number of carbonyl (C=O) groups is 1. The molecule has 0 aliphatic rings. The third kappa shape index (κ3) is 5.20. The van der Waals surface area contributed by atoms with E-state index in [1.165, 1.54) is 6.08 Å². The molecular weight excluding hydrogens is 216 g/mol. The van der Waals surface area contributed by atoms with E-state index in [0.29, 0.717) is 6.61 Å². The van der Waals surface area contributed by atoms with Crippen molar-refractivity contribution in [2.45, 2.75) is 20.3 Å². The molecule has 17 heavy (non-hydrogen) atoms. The van der Waals surface area contributed by atoms with Crippen LogP contribution in [0.2, 0.25) is 0 Å². The summed E-state index contributed by atoms with van der Waals surface area (Å²) in [5.74, 6) is 0.527. The molecule has 1 aromatic carbocycles. The molecule has 0 unspecified atom stereocenters. The molecule has 3 nitrogen and oxygen atoms in total. The highest BCUT2D eigenvalue weighted by Gasteiger charge is 1.95. The average molecular weight is 234 g/mol. The van der Waals surface area contributed by atoms with Crippen LogP contribution in [0.5, 0.6) is 5.75 Å². The number of benzene rings is 1. The van der Waals surface area contributed by atoms with Gasteiger partial charge in [-0.3, -0.25) is 0 Å². The van der Waals surface area contributed by atoms with Crippen LogP contribution in [0, 0.1) is 0 Å². The fourth-order valence-electron chi connectivity index (χ4n) is 1.25. The number of carbonyl (C=O) groups excluding carboxylic acids is 1. The van der Waals surface area contributed by atoms with Gasteiger partial charge in [0.15, 0.2) is 0 Å². The van der Waals surface area contributed by atoms with Gasteiger partial charge in [-0.1, -0.05) is 19.1 Å². The summed E-state index contributed by atoms with van der Waals surface area (Å²) in [6.45, 7) is 4.97. The molecule has 0 bridgehead atoms. The van der Waals surface area contributed by atoms with Crippen molar-refractivity contribution in [1.82, 2.24) is 0 Å². The highest BCUT2D eigenvalue weighted by atomic mass is 16.5. The average Bonchev–Trinajstić information content (AvgIpc) is 2.35. The Bertz CT molecular complexity index is 366. The lowest BCUT2D eigenvalue weighted by atomic mass is 10.2. The second-order valence-electron chi connectivity index (χ2n) is 3.50. The summed E-state index contributed by atoms with van der Waals surface area (Å²) >= 11 is 0. The molecule has 0 fully saturated rings. The Labute approximate surface area is 102 Å². The van der Waals surface area contributed by atoms with Gasteiger partial charge >= 0.3 is 5.97 Å². The number of esters is 1.